The molecule has 23 heavy (non-hydrogen) atoms. The molecule has 0 radical (unpaired) electrons. The summed E-state index contributed by atoms with van der Waals surface area (Å²) in [6, 6.07) is 6.68. The van der Waals surface area contributed by atoms with E-state index in [2.05, 4.69) is 15.0 Å². The van der Waals surface area contributed by atoms with Crippen molar-refractivity contribution in [2.75, 3.05) is 7.11 Å². The van der Waals surface area contributed by atoms with Crippen LogP contribution < -0.4 is 4.74 Å². The van der Waals surface area contributed by atoms with Crippen LogP contribution in [0.5, 0.6) is 5.88 Å². The van der Waals surface area contributed by atoms with Crippen molar-refractivity contribution in [3.05, 3.63) is 47.1 Å². The summed E-state index contributed by atoms with van der Waals surface area (Å²) in [6.45, 7) is 0. The van der Waals surface area contributed by atoms with E-state index in [0.717, 1.165) is 6.07 Å². The molecule has 0 bridgehead atoms. The van der Waals surface area contributed by atoms with Crippen molar-refractivity contribution in [1.29, 1.82) is 0 Å². The van der Waals surface area contributed by atoms with Crippen molar-refractivity contribution in [3.8, 4) is 17.3 Å². The quantitative estimate of drug-likeness (QED) is 0.695. The van der Waals surface area contributed by atoms with Gasteiger partial charge in [0, 0.05) is 17.6 Å². The van der Waals surface area contributed by atoms with Gasteiger partial charge < -0.3 is 4.74 Å². The topological polar surface area (TPSA) is 47.9 Å². The fourth-order valence-corrected chi connectivity index (χ4v) is 2.36. The van der Waals surface area contributed by atoms with E-state index in [1.165, 1.54) is 31.5 Å². The highest BCUT2D eigenvalue weighted by Crippen LogP contribution is 2.36. The summed E-state index contributed by atoms with van der Waals surface area (Å²) in [5.41, 5.74) is -0.878. The van der Waals surface area contributed by atoms with Gasteiger partial charge in [0.2, 0.25) is 5.88 Å². The minimum Gasteiger partial charge on any atom is -0.481 e. The number of fused-ring (bicyclic) bond motifs is 1. The smallest absolute Gasteiger partial charge is 0.418 e. The van der Waals surface area contributed by atoms with Crippen LogP contribution in [0.1, 0.15) is 5.56 Å². The number of nitrogens with zero attached hydrogens (tertiary/aromatic N) is 3. The van der Waals surface area contributed by atoms with E-state index in [-0.39, 0.29) is 22.9 Å². The molecule has 0 aliphatic rings. The number of alkyl halides is 3. The number of hydrogen-bond donors (Lipinski definition) is 0. The monoisotopic (exact) mass is 339 g/mol. The molecule has 4 nitrogen and oxygen atoms in total. The second kappa shape index (κ2) is 5.66. The highest BCUT2D eigenvalue weighted by molar-refractivity contribution is 6.35. The van der Waals surface area contributed by atoms with Crippen molar-refractivity contribution < 1.29 is 17.9 Å². The molecule has 0 N–H and O–H groups in total. The molecule has 0 unspecified atom stereocenters. The summed E-state index contributed by atoms with van der Waals surface area (Å²) in [5.74, 6) is 0.226. The van der Waals surface area contributed by atoms with E-state index in [0.29, 0.717) is 10.4 Å². The van der Waals surface area contributed by atoms with Gasteiger partial charge in [-0.2, -0.15) is 18.2 Å². The zero-order chi connectivity index (χ0) is 16.6. The van der Waals surface area contributed by atoms with Gasteiger partial charge >= 0.3 is 6.18 Å². The third-order valence-corrected chi connectivity index (χ3v) is 3.48. The van der Waals surface area contributed by atoms with Crippen LogP contribution in [0.3, 0.4) is 0 Å². The zero-order valence-corrected chi connectivity index (χ0v) is 12.5. The van der Waals surface area contributed by atoms with Crippen molar-refractivity contribution in [1.82, 2.24) is 15.0 Å². The lowest BCUT2D eigenvalue weighted by Crippen LogP contribution is -2.08. The molecule has 0 atom stereocenters. The maximum absolute atomic E-state index is 13.1. The Bertz CT molecular complexity index is 883. The normalized spacial score (nSPS) is 11.7. The summed E-state index contributed by atoms with van der Waals surface area (Å²) >= 11 is 6.09. The van der Waals surface area contributed by atoms with E-state index in [9.17, 15) is 13.2 Å². The second-order valence-corrected chi connectivity index (χ2v) is 5.02. The summed E-state index contributed by atoms with van der Waals surface area (Å²) in [4.78, 5) is 12.1. The Morgan fingerprint density at radius 3 is 2.61 bits per heavy atom. The predicted molar refractivity (Wildman–Crippen MR) is 79.3 cm³/mol. The van der Waals surface area contributed by atoms with Crippen molar-refractivity contribution in [2.45, 2.75) is 6.18 Å². The lowest BCUT2D eigenvalue weighted by Gasteiger charge is -2.11. The molecule has 0 saturated heterocycles. The molecule has 0 saturated carbocycles. The fraction of sp³-hybridized carbons (Fsp3) is 0.133. The van der Waals surface area contributed by atoms with Crippen LogP contribution in [0, 0.1) is 0 Å². The lowest BCUT2D eigenvalue weighted by molar-refractivity contribution is -0.137. The molecule has 3 rings (SSSR count). The first-order chi connectivity index (χ1) is 10.9. The van der Waals surface area contributed by atoms with Gasteiger partial charge in [-0.05, 0) is 24.3 Å². The van der Waals surface area contributed by atoms with Crippen LogP contribution in [-0.4, -0.2) is 22.1 Å². The molecular weight excluding hydrogens is 331 g/mol. The minimum absolute atomic E-state index is 0.0576. The standard InChI is InChI=1S/C15H9ClF3N3O/c1-23-12-7-10(16)8-4-5-11(21-14(8)22-12)13-9(15(17,18)19)3-2-6-20-13/h2-7H,1H3. The van der Waals surface area contributed by atoms with Gasteiger partial charge in [-0.15, -0.1) is 0 Å². The number of halogens is 4. The average Bonchev–Trinajstić information content (AvgIpc) is 2.53. The molecule has 0 aromatic carbocycles. The first kappa shape index (κ1) is 15.5. The third-order valence-electron chi connectivity index (χ3n) is 3.16. The van der Waals surface area contributed by atoms with Crippen LogP contribution in [-0.2, 0) is 6.18 Å². The largest absolute Gasteiger partial charge is 0.481 e. The molecule has 0 aliphatic carbocycles. The molecule has 3 heterocycles. The molecule has 118 valence electrons. The van der Waals surface area contributed by atoms with Crippen LogP contribution in [0.15, 0.2) is 36.5 Å². The maximum Gasteiger partial charge on any atom is 0.418 e. The van der Waals surface area contributed by atoms with Crippen molar-refractivity contribution in [2.24, 2.45) is 0 Å². The third kappa shape index (κ3) is 2.92. The molecule has 0 aliphatic heterocycles. The van der Waals surface area contributed by atoms with E-state index >= 15 is 0 Å². The number of rotatable bonds is 2. The van der Waals surface area contributed by atoms with Crippen molar-refractivity contribution in [3.63, 3.8) is 0 Å². The molecule has 0 amide bonds. The number of hydrogen-bond acceptors (Lipinski definition) is 4. The highest BCUT2D eigenvalue weighted by atomic mass is 35.5. The van der Waals surface area contributed by atoms with Gasteiger partial charge in [0.15, 0.2) is 5.65 Å². The van der Waals surface area contributed by atoms with Gasteiger partial charge in [-0.3, -0.25) is 4.98 Å². The first-order valence-corrected chi connectivity index (χ1v) is 6.82. The first-order valence-electron chi connectivity index (χ1n) is 6.44. The van der Waals surface area contributed by atoms with Gasteiger partial charge in [-0.25, -0.2) is 4.98 Å². The Labute approximate surface area is 133 Å². The predicted octanol–water partition coefficient (Wildman–Crippen LogP) is 4.37. The van der Waals surface area contributed by atoms with Gasteiger partial charge in [0.05, 0.1) is 23.4 Å². The molecular formula is C15H9ClF3N3O. The van der Waals surface area contributed by atoms with Crippen LogP contribution in [0.4, 0.5) is 13.2 Å². The van der Waals surface area contributed by atoms with Crippen LogP contribution in [0.2, 0.25) is 5.02 Å². The maximum atomic E-state index is 13.1. The Morgan fingerprint density at radius 2 is 1.91 bits per heavy atom. The van der Waals surface area contributed by atoms with E-state index in [1.54, 1.807) is 6.07 Å². The zero-order valence-electron chi connectivity index (χ0n) is 11.7. The number of ether oxygens (including phenoxy) is 1. The van der Waals surface area contributed by atoms with E-state index in [4.69, 9.17) is 16.3 Å². The number of aromatic nitrogens is 3. The second-order valence-electron chi connectivity index (χ2n) is 4.61. The van der Waals surface area contributed by atoms with Gasteiger partial charge in [-0.1, -0.05) is 11.6 Å². The molecule has 3 aromatic heterocycles. The SMILES string of the molecule is COc1cc(Cl)c2ccc(-c3ncccc3C(F)(F)F)nc2n1. The Hall–Kier alpha value is -2.41. The summed E-state index contributed by atoms with van der Waals surface area (Å²) in [6.07, 6.45) is -3.25. The van der Waals surface area contributed by atoms with Crippen LogP contribution >= 0.6 is 11.6 Å². The van der Waals surface area contributed by atoms with Crippen molar-refractivity contribution >= 4 is 22.6 Å². The minimum atomic E-state index is -4.53. The Balaban J connectivity index is 2.22. The Morgan fingerprint density at radius 1 is 1.13 bits per heavy atom. The fourth-order valence-electron chi connectivity index (χ4n) is 2.12. The van der Waals surface area contributed by atoms with Gasteiger partial charge in [0.25, 0.3) is 0 Å². The highest BCUT2D eigenvalue weighted by Gasteiger charge is 2.34. The molecule has 8 heteroatoms. The lowest BCUT2D eigenvalue weighted by atomic mass is 10.1. The summed E-state index contributed by atoms with van der Waals surface area (Å²) < 4.78 is 44.3. The molecule has 0 fully saturated rings. The van der Waals surface area contributed by atoms with E-state index < -0.39 is 11.7 Å². The number of methoxy groups -OCH3 is 1. The van der Waals surface area contributed by atoms with Crippen LogP contribution in [0.25, 0.3) is 22.4 Å². The summed E-state index contributed by atoms with van der Waals surface area (Å²) in [7, 11) is 1.41. The Kier molecular flexibility index (Phi) is 3.81. The summed E-state index contributed by atoms with van der Waals surface area (Å²) in [5, 5.41) is 0.865. The molecule has 0 spiro atoms. The van der Waals surface area contributed by atoms with E-state index in [1.807, 2.05) is 0 Å². The average molecular weight is 340 g/mol. The number of pyridine rings is 3. The van der Waals surface area contributed by atoms with Gasteiger partial charge in [0.1, 0.15) is 5.69 Å². The molecule has 3 aromatic rings.